The Morgan fingerprint density at radius 2 is 1.54 bits per heavy atom. The molecule has 3 aromatic carbocycles. The average molecular weight is 502 g/mol. The Hall–Kier alpha value is -3.31. The van der Waals surface area contributed by atoms with Crippen LogP contribution in [0.1, 0.15) is 74.2 Å². The van der Waals surface area contributed by atoms with E-state index < -0.39 is 0 Å². The highest BCUT2D eigenvalue weighted by molar-refractivity contribution is 5.90. The molecule has 0 radical (unpaired) electrons. The lowest BCUT2D eigenvalue weighted by Gasteiger charge is -2.21. The van der Waals surface area contributed by atoms with Crippen molar-refractivity contribution in [2.45, 2.75) is 71.4 Å². The SMILES string of the molecule is CCCCc1ccc(CCNC(CCCC)c2ccc(OCc3ccccc3)c(NC(=O)NC)c2)cc1. The first kappa shape index (κ1) is 28.3. The summed E-state index contributed by atoms with van der Waals surface area (Å²) in [4.78, 5) is 12.2. The third kappa shape index (κ3) is 9.58. The second kappa shape index (κ2) is 15.7. The molecule has 5 heteroatoms. The van der Waals surface area contributed by atoms with Gasteiger partial charge in [-0.3, -0.25) is 0 Å². The molecular formula is C32H43N3O2. The second-order valence-corrected chi connectivity index (χ2v) is 9.55. The molecule has 37 heavy (non-hydrogen) atoms. The van der Waals surface area contributed by atoms with Crippen molar-refractivity contribution in [2.75, 3.05) is 18.9 Å². The molecule has 0 bridgehead atoms. The summed E-state index contributed by atoms with van der Waals surface area (Å²) >= 11 is 0. The Balaban J connectivity index is 1.69. The maximum Gasteiger partial charge on any atom is 0.319 e. The van der Waals surface area contributed by atoms with Crippen LogP contribution in [0.2, 0.25) is 0 Å². The summed E-state index contributed by atoms with van der Waals surface area (Å²) in [5, 5.41) is 9.36. The number of rotatable bonds is 15. The van der Waals surface area contributed by atoms with Crippen LogP contribution >= 0.6 is 0 Å². The van der Waals surface area contributed by atoms with Gasteiger partial charge in [-0.15, -0.1) is 0 Å². The minimum Gasteiger partial charge on any atom is -0.487 e. The van der Waals surface area contributed by atoms with Crippen molar-refractivity contribution in [3.8, 4) is 5.75 Å². The van der Waals surface area contributed by atoms with Gasteiger partial charge in [-0.05, 0) is 66.6 Å². The Kier molecular flexibility index (Phi) is 12.0. The molecule has 5 nitrogen and oxygen atoms in total. The van der Waals surface area contributed by atoms with Crippen LogP contribution in [0, 0.1) is 0 Å². The van der Waals surface area contributed by atoms with Crippen molar-refractivity contribution in [3.05, 3.63) is 95.1 Å². The van der Waals surface area contributed by atoms with Gasteiger partial charge in [-0.2, -0.15) is 0 Å². The molecule has 3 N–H and O–H groups in total. The quantitative estimate of drug-likeness (QED) is 0.203. The van der Waals surface area contributed by atoms with E-state index >= 15 is 0 Å². The lowest BCUT2D eigenvalue weighted by molar-refractivity contribution is 0.253. The van der Waals surface area contributed by atoms with Gasteiger partial charge in [-0.25, -0.2) is 4.79 Å². The van der Waals surface area contributed by atoms with E-state index in [4.69, 9.17) is 4.74 Å². The number of aryl methyl sites for hydroxylation is 1. The molecule has 3 rings (SSSR count). The number of carbonyl (C=O) groups excluding carboxylic acids is 1. The van der Waals surface area contributed by atoms with Gasteiger partial charge < -0.3 is 20.7 Å². The summed E-state index contributed by atoms with van der Waals surface area (Å²) in [6.07, 6.45) is 7.92. The average Bonchev–Trinajstić information content (AvgIpc) is 2.94. The van der Waals surface area contributed by atoms with E-state index in [0.29, 0.717) is 18.0 Å². The largest absolute Gasteiger partial charge is 0.487 e. The summed E-state index contributed by atoms with van der Waals surface area (Å²) in [6, 6.07) is 25.2. The molecule has 0 spiro atoms. The van der Waals surface area contributed by atoms with Gasteiger partial charge in [0.15, 0.2) is 0 Å². The standard InChI is InChI=1S/C32H43N3O2/c1-4-6-11-25-15-17-26(18-16-25)21-22-34-29(14-7-5-2)28-19-20-31(30(23-28)35-32(36)33-3)37-24-27-12-9-8-10-13-27/h8-10,12-13,15-20,23,29,34H,4-7,11,14,21-22,24H2,1-3H3,(H2,33,35,36). The van der Waals surface area contributed by atoms with Crippen LogP contribution < -0.4 is 20.7 Å². The number of urea groups is 1. The van der Waals surface area contributed by atoms with Crippen LogP contribution in [0.15, 0.2) is 72.8 Å². The molecule has 0 saturated heterocycles. The Morgan fingerprint density at radius 3 is 2.22 bits per heavy atom. The fourth-order valence-corrected chi connectivity index (χ4v) is 4.35. The normalized spacial score (nSPS) is 11.6. The molecule has 0 saturated carbocycles. The Bertz CT molecular complexity index is 1070. The zero-order chi connectivity index (χ0) is 26.3. The van der Waals surface area contributed by atoms with Gasteiger partial charge >= 0.3 is 6.03 Å². The van der Waals surface area contributed by atoms with Crippen LogP contribution in [0.5, 0.6) is 5.75 Å². The number of amides is 2. The number of hydrogen-bond acceptors (Lipinski definition) is 3. The van der Waals surface area contributed by atoms with Crippen molar-refractivity contribution in [3.63, 3.8) is 0 Å². The van der Waals surface area contributed by atoms with E-state index in [-0.39, 0.29) is 12.1 Å². The molecule has 2 amide bonds. The van der Waals surface area contributed by atoms with Crippen LogP contribution in [-0.2, 0) is 19.4 Å². The van der Waals surface area contributed by atoms with Crippen LogP contribution in [-0.4, -0.2) is 19.6 Å². The zero-order valence-corrected chi connectivity index (χ0v) is 22.7. The van der Waals surface area contributed by atoms with Crippen molar-refractivity contribution in [1.29, 1.82) is 0 Å². The first-order valence-corrected chi connectivity index (χ1v) is 13.7. The predicted molar refractivity (Wildman–Crippen MR) is 154 cm³/mol. The van der Waals surface area contributed by atoms with E-state index in [0.717, 1.165) is 49.8 Å². The van der Waals surface area contributed by atoms with Crippen LogP contribution in [0.25, 0.3) is 0 Å². The maximum absolute atomic E-state index is 12.2. The number of unbranched alkanes of at least 4 members (excludes halogenated alkanes) is 2. The fraction of sp³-hybridized carbons (Fsp3) is 0.406. The Morgan fingerprint density at radius 1 is 0.838 bits per heavy atom. The van der Waals surface area contributed by atoms with E-state index in [1.54, 1.807) is 7.05 Å². The van der Waals surface area contributed by atoms with Crippen molar-refractivity contribution in [2.24, 2.45) is 0 Å². The molecule has 0 aliphatic heterocycles. The van der Waals surface area contributed by atoms with Gasteiger partial charge in [0.2, 0.25) is 0 Å². The molecule has 3 aromatic rings. The zero-order valence-electron chi connectivity index (χ0n) is 22.7. The summed E-state index contributed by atoms with van der Waals surface area (Å²) in [7, 11) is 1.62. The molecule has 0 heterocycles. The van der Waals surface area contributed by atoms with E-state index in [1.807, 2.05) is 42.5 Å². The summed E-state index contributed by atoms with van der Waals surface area (Å²) in [5.74, 6) is 0.661. The first-order chi connectivity index (χ1) is 18.1. The number of hydrogen-bond donors (Lipinski definition) is 3. The minimum atomic E-state index is -0.262. The van der Waals surface area contributed by atoms with Crippen molar-refractivity contribution >= 4 is 11.7 Å². The molecule has 0 aromatic heterocycles. The van der Waals surface area contributed by atoms with Gasteiger partial charge in [0.1, 0.15) is 12.4 Å². The van der Waals surface area contributed by atoms with E-state index in [9.17, 15) is 4.79 Å². The number of benzene rings is 3. The Labute approximate surface area is 223 Å². The first-order valence-electron chi connectivity index (χ1n) is 13.7. The monoisotopic (exact) mass is 501 g/mol. The van der Waals surface area contributed by atoms with Crippen molar-refractivity contribution < 1.29 is 9.53 Å². The molecule has 1 unspecified atom stereocenters. The molecule has 198 valence electrons. The highest BCUT2D eigenvalue weighted by atomic mass is 16.5. The summed E-state index contributed by atoms with van der Waals surface area (Å²) < 4.78 is 6.09. The van der Waals surface area contributed by atoms with E-state index in [2.05, 4.69) is 60.1 Å². The van der Waals surface area contributed by atoms with E-state index in [1.165, 1.54) is 24.0 Å². The number of nitrogens with one attached hydrogen (secondary N) is 3. The second-order valence-electron chi connectivity index (χ2n) is 9.55. The van der Waals surface area contributed by atoms with Gasteiger partial charge in [0, 0.05) is 13.1 Å². The van der Waals surface area contributed by atoms with Crippen LogP contribution in [0.3, 0.4) is 0 Å². The lowest BCUT2D eigenvalue weighted by atomic mass is 9.99. The summed E-state index contributed by atoms with van der Waals surface area (Å²) in [6.45, 7) is 5.79. The van der Waals surface area contributed by atoms with Crippen LogP contribution in [0.4, 0.5) is 10.5 Å². The highest BCUT2D eigenvalue weighted by Crippen LogP contribution is 2.31. The number of carbonyl (C=O) groups is 1. The smallest absolute Gasteiger partial charge is 0.319 e. The third-order valence-electron chi connectivity index (χ3n) is 6.61. The van der Waals surface area contributed by atoms with Gasteiger partial charge in [-0.1, -0.05) is 93.8 Å². The van der Waals surface area contributed by atoms with Crippen molar-refractivity contribution in [1.82, 2.24) is 10.6 Å². The van der Waals surface area contributed by atoms with Gasteiger partial charge in [0.25, 0.3) is 0 Å². The molecule has 0 fully saturated rings. The molecular weight excluding hydrogens is 458 g/mol. The fourth-order valence-electron chi connectivity index (χ4n) is 4.35. The maximum atomic E-state index is 12.2. The van der Waals surface area contributed by atoms with Gasteiger partial charge in [0.05, 0.1) is 5.69 Å². The number of ether oxygens (including phenoxy) is 1. The lowest BCUT2D eigenvalue weighted by Crippen LogP contribution is -2.26. The third-order valence-corrected chi connectivity index (χ3v) is 6.61. The summed E-state index contributed by atoms with van der Waals surface area (Å²) in [5.41, 5.74) is 5.69. The minimum absolute atomic E-state index is 0.206. The molecule has 1 atom stereocenters. The predicted octanol–water partition coefficient (Wildman–Crippen LogP) is 7.42. The molecule has 0 aliphatic carbocycles. The highest BCUT2D eigenvalue weighted by Gasteiger charge is 2.15. The number of anilines is 1. The topological polar surface area (TPSA) is 62.4 Å². The molecule has 0 aliphatic rings.